The van der Waals surface area contributed by atoms with Crippen LogP contribution < -0.4 is 0 Å². The number of thioether (sulfide) groups is 1. The Hall–Kier alpha value is -1.30. The van der Waals surface area contributed by atoms with E-state index in [9.17, 15) is 4.79 Å². The second-order valence-electron chi connectivity index (χ2n) is 6.98. The molecule has 2 heterocycles. The van der Waals surface area contributed by atoms with Gasteiger partial charge in [-0.3, -0.25) is 9.69 Å². The molecule has 3 nitrogen and oxygen atoms in total. The number of hydrogen-bond donors (Lipinski definition) is 0. The number of likely N-dealkylation sites (tertiary alicyclic amines) is 1. The number of rotatable bonds is 4. The van der Waals surface area contributed by atoms with Gasteiger partial charge in [0.2, 0.25) is 5.91 Å². The zero-order valence-corrected chi connectivity index (χ0v) is 17.1. The summed E-state index contributed by atoms with van der Waals surface area (Å²) in [5.41, 5.74) is 2.58. The van der Waals surface area contributed by atoms with Gasteiger partial charge in [0.05, 0.1) is 5.75 Å². The van der Waals surface area contributed by atoms with Crippen molar-refractivity contribution in [2.45, 2.75) is 30.8 Å². The SMILES string of the molecule is O=C1CSC(c2ccccc2Br)N1C1CCN(Cc2ccccc2)CC1. The van der Waals surface area contributed by atoms with Crippen molar-refractivity contribution in [1.29, 1.82) is 0 Å². The number of benzene rings is 2. The van der Waals surface area contributed by atoms with Gasteiger partial charge in [0.1, 0.15) is 5.37 Å². The first kappa shape index (κ1) is 18.1. The molecule has 2 aliphatic rings. The molecular weight excluding hydrogens is 408 g/mol. The molecule has 0 N–H and O–H groups in total. The van der Waals surface area contributed by atoms with Crippen LogP contribution in [0.4, 0.5) is 0 Å². The van der Waals surface area contributed by atoms with Crippen molar-refractivity contribution in [2.24, 2.45) is 0 Å². The molecule has 2 aliphatic heterocycles. The van der Waals surface area contributed by atoms with E-state index in [1.54, 1.807) is 11.8 Å². The molecule has 136 valence electrons. The number of carbonyl (C=O) groups excluding carboxylic acids is 1. The lowest BCUT2D eigenvalue weighted by molar-refractivity contribution is -0.131. The third-order valence-electron chi connectivity index (χ3n) is 5.28. The maximum atomic E-state index is 12.6. The first-order valence-electron chi connectivity index (χ1n) is 9.16. The van der Waals surface area contributed by atoms with Gasteiger partial charge in [-0.05, 0) is 30.0 Å². The van der Waals surface area contributed by atoms with E-state index in [-0.39, 0.29) is 11.3 Å². The lowest BCUT2D eigenvalue weighted by atomic mass is 10.0. The van der Waals surface area contributed by atoms with E-state index < -0.39 is 0 Å². The highest BCUT2D eigenvalue weighted by atomic mass is 79.9. The second-order valence-corrected chi connectivity index (χ2v) is 8.90. The van der Waals surface area contributed by atoms with Crippen molar-refractivity contribution >= 4 is 33.6 Å². The van der Waals surface area contributed by atoms with Crippen LogP contribution in [0.5, 0.6) is 0 Å². The number of piperidine rings is 1. The first-order chi connectivity index (χ1) is 12.7. The fraction of sp³-hybridized carbons (Fsp3) is 0.381. The molecule has 0 aromatic heterocycles. The molecule has 1 atom stereocenters. The van der Waals surface area contributed by atoms with Crippen molar-refractivity contribution in [1.82, 2.24) is 9.80 Å². The van der Waals surface area contributed by atoms with Crippen LogP contribution in [0.1, 0.15) is 29.3 Å². The lowest BCUT2D eigenvalue weighted by Gasteiger charge is -2.39. The highest BCUT2D eigenvalue weighted by molar-refractivity contribution is 9.10. The predicted molar refractivity (Wildman–Crippen MR) is 111 cm³/mol. The Morgan fingerprint density at radius 2 is 1.69 bits per heavy atom. The van der Waals surface area contributed by atoms with Gasteiger partial charge in [-0.25, -0.2) is 0 Å². The average molecular weight is 431 g/mol. The molecule has 2 aromatic carbocycles. The number of amides is 1. The fourth-order valence-electron chi connectivity index (χ4n) is 3.94. The van der Waals surface area contributed by atoms with Gasteiger partial charge in [0.25, 0.3) is 0 Å². The van der Waals surface area contributed by atoms with E-state index >= 15 is 0 Å². The van der Waals surface area contributed by atoms with E-state index in [4.69, 9.17) is 0 Å². The molecule has 5 heteroatoms. The van der Waals surface area contributed by atoms with Crippen LogP contribution in [-0.2, 0) is 11.3 Å². The molecular formula is C21H23BrN2OS. The third-order valence-corrected chi connectivity index (χ3v) is 7.21. The van der Waals surface area contributed by atoms with Crippen molar-refractivity contribution in [3.63, 3.8) is 0 Å². The van der Waals surface area contributed by atoms with Gasteiger partial charge < -0.3 is 4.90 Å². The first-order valence-corrected chi connectivity index (χ1v) is 11.0. The Bertz CT molecular complexity index is 762. The molecule has 2 aromatic rings. The van der Waals surface area contributed by atoms with Crippen LogP contribution in [-0.4, -0.2) is 40.6 Å². The van der Waals surface area contributed by atoms with Crippen LogP contribution in [0.2, 0.25) is 0 Å². The van der Waals surface area contributed by atoms with Gasteiger partial charge >= 0.3 is 0 Å². The molecule has 0 aliphatic carbocycles. The molecule has 1 amide bonds. The maximum absolute atomic E-state index is 12.6. The van der Waals surface area contributed by atoms with Crippen LogP contribution in [0.3, 0.4) is 0 Å². The van der Waals surface area contributed by atoms with E-state index in [0.29, 0.717) is 11.8 Å². The van der Waals surface area contributed by atoms with Crippen LogP contribution in [0, 0.1) is 0 Å². The molecule has 26 heavy (non-hydrogen) atoms. The Kier molecular flexibility index (Phi) is 5.67. The summed E-state index contributed by atoms with van der Waals surface area (Å²) in [6.07, 6.45) is 2.11. The summed E-state index contributed by atoms with van der Waals surface area (Å²) in [6, 6.07) is 19.3. The quantitative estimate of drug-likeness (QED) is 0.702. The predicted octanol–water partition coefficient (Wildman–Crippen LogP) is 4.69. The van der Waals surface area contributed by atoms with Gasteiger partial charge in [0, 0.05) is 30.1 Å². The summed E-state index contributed by atoms with van der Waals surface area (Å²) < 4.78 is 1.10. The monoisotopic (exact) mass is 430 g/mol. The molecule has 2 saturated heterocycles. The summed E-state index contributed by atoms with van der Waals surface area (Å²) >= 11 is 5.42. The molecule has 2 fully saturated rings. The van der Waals surface area contributed by atoms with E-state index in [1.165, 1.54) is 11.1 Å². The van der Waals surface area contributed by atoms with Gasteiger partial charge in [-0.2, -0.15) is 0 Å². The van der Waals surface area contributed by atoms with Crippen LogP contribution in [0.15, 0.2) is 59.1 Å². The number of carbonyl (C=O) groups is 1. The smallest absolute Gasteiger partial charge is 0.234 e. The summed E-state index contributed by atoms with van der Waals surface area (Å²) in [5.74, 6) is 0.883. The Morgan fingerprint density at radius 1 is 1.00 bits per heavy atom. The summed E-state index contributed by atoms with van der Waals surface area (Å²) in [7, 11) is 0. The van der Waals surface area contributed by atoms with Crippen molar-refractivity contribution in [3.8, 4) is 0 Å². The highest BCUT2D eigenvalue weighted by Crippen LogP contribution is 2.44. The van der Waals surface area contributed by atoms with Crippen LogP contribution in [0.25, 0.3) is 0 Å². The van der Waals surface area contributed by atoms with Crippen molar-refractivity contribution in [3.05, 3.63) is 70.2 Å². The molecule has 0 radical (unpaired) electrons. The molecule has 1 unspecified atom stereocenters. The Labute approximate surface area is 167 Å². The normalized spacial score (nSPS) is 22.1. The lowest BCUT2D eigenvalue weighted by Crippen LogP contribution is -2.46. The summed E-state index contributed by atoms with van der Waals surface area (Å²) in [4.78, 5) is 17.3. The maximum Gasteiger partial charge on any atom is 0.234 e. The van der Waals surface area contributed by atoms with E-state index in [0.717, 1.165) is 36.9 Å². The Balaban J connectivity index is 1.42. The standard InChI is InChI=1S/C21H23BrN2OS/c22-19-9-5-4-8-18(19)21-24(20(25)15-26-21)17-10-12-23(13-11-17)14-16-6-2-1-3-7-16/h1-9,17,21H,10-15H2. The average Bonchev–Trinajstić information content (AvgIpc) is 3.05. The van der Waals surface area contributed by atoms with E-state index in [2.05, 4.69) is 74.3 Å². The van der Waals surface area contributed by atoms with Gasteiger partial charge in [-0.15, -0.1) is 11.8 Å². The van der Waals surface area contributed by atoms with Crippen molar-refractivity contribution < 1.29 is 4.79 Å². The number of hydrogen-bond acceptors (Lipinski definition) is 3. The van der Waals surface area contributed by atoms with Gasteiger partial charge in [0.15, 0.2) is 0 Å². The topological polar surface area (TPSA) is 23.6 Å². The largest absolute Gasteiger partial charge is 0.323 e. The minimum Gasteiger partial charge on any atom is -0.323 e. The summed E-state index contributed by atoms with van der Waals surface area (Å²) in [6.45, 7) is 3.11. The van der Waals surface area contributed by atoms with Crippen LogP contribution >= 0.6 is 27.7 Å². The molecule has 0 spiro atoms. The highest BCUT2D eigenvalue weighted by Gasteiger charge is 2.39. The minimum absolute atomic E-state index is 0.142. The third kappa shape index (κ3) is 3.85. The minimum atomic E-state index is 0.142. The number of halogens is 1. The zero-order valence-electron chi connectivity index (χ0n) is 14.7. The summed E-state index contributed by atoms with van der Waals surface area (Å²) in [5, 5.41) is 0.142. The molecule has 4 rings (SSSR count). The van der Waals surface area contributed by atoms with Gasteiger partial charge in [-0.1, -0.05) is 64.5 Å². The molecule has 0 bridgehead atoms. The van der Waals surface area contributed by atoms with E-state index in [1.807, 2.05) is 6.07 Å². The zero-order chi connectivity index (χ0) is 17.9. The molecule has 0 saturated carbocycles. The van der Waals surface area contributed by atoms with Crippen molar-refractivity contribution in [2.75, 3.05) is 18.8 Å². The fourth-order valence-corrected chi connectivity index (χ4v) is 5.88. The second kappa shape index (κ2) is 8.15. The number of nitrogens with zero attached hydrogens (tertiary/aromatic N) is 2. The Morgan fingerprint density at radius 3 is 2.42 bits per heavy atom.